The van der Waals surface area contributed by atoms with Crippen molar-refractivity contribution in [3.05, 3.63) is 0 Å². The third kappa shape index (κ3) is 8.01. The number of hydrogen-bond acceptors (Lipinski definition) is 2. The fraction of sp³-hybridized carbons (Fsp3) is 1.00. The molecule has 2 N–H and O–H groups in total. The van der Waals surface area contributed by atoms with Crippen LogP contribution >= 0.6 is 0 Å². The normalized spacial score (nSPS) is 16.3. The highest BCUT2D eigenvalue weighted by Crippen LogP contribution is 1.97. The molecule has 68 valence electrons. The van der Waals surface area contributed by atoms with Crippen molar-refractivity contribution in [1.82, 2.24) is 0 Å². The van der Waals surface area contributed by atoms with E-state index in [0.29, 0.717) is 0 Å². The highest BCUT2D eigenvalue weighted by molar-refractivity contribution is 7.84. The van der Waals surface area contributed by atoms with Gasteiger partial charge in [0, 0.05) is 28.3 Å². The molecule has 3 heteroatoms. The van der Waals surface area contributed by atoms with E-state index >= 15 is 0 Å². The Bertz CT molecular complexity index is 115. The third-order valence-corrected chi connectivity index (χ3v) is 3.07. The molecule has 0 radical (unpaired) electrons. The van der Waals surface area contributed by atoms with Gasteiger partial charge < -0.3 is 5.73 Å². The lowest BCUT2D eigenvalue weighted by Crippen LogP contribution is -2.15. The summed E-state index contributed by atoms with van der Waals surface area (Å²) in [5.41, 5.74) is 5.55. The lowest BCUT2D eigenvalue weighted by molar-refractivity contribution is 0.643. The molecule has 0 heterocycles. The van der Waals surface area contributed by atoms with Gasteiger partial charge in [-0.15, -0.1) is 0 Å². The van der Waals surface area contributed by atoms with Crippen LogP contribution in [0.15, 0.2) is 0 Å². The van der Waals surface area contributed by atoms with Gasteiger partial charge in [-0.1, -0.05) is 6.92 Å². The Morgan fingerprint density at radius 3 is 2.55 bits per heavy atom. The maximum atomic E-state index is 11.1. The molecule has 0 aromatic heterocycles. The summed E-state index contributed by atoms with van der Waals surface area (Å²) in [5, 5.41) is 0. The summed E-state index contributed by atoms with van der Waals surface area (Å²) in [7, 11) is -0.592. The molecule has 0 aliphatic heterocycles. The molecule has 0 fully saturated rings. The van der Waals surface area contributed by atoms with Crippen molar-refractivity contribution in [2.24, 2.45) is 5.73 Å². The molecule has 0 saturated carbocycles. The second kappa shape index (κ2) is 6.80. The average molecular weight is 177 g/mol. The Morgan fingerprint density at radius 1 is 1.45 bits per heavy atom. The lowest BCUT2D eigenvalue weighted by atomic mass is 10.2. The zero-order valence-corrected chi connectivity index (χ0v) is 8.32. The summed E-state index contributed by atoms with van der Waals surface area (Å²) in [6.45, 7) is 4.05. The van der Waals surface area contributed by atoms with Crippen LogP contribution in [0.1, 0.15) is 33.1 Å². The van der Waals surface area contributed by atoms with Crippen molar-refractivity contribution >= 4 is 10.8 Å². The minimum atomic E-state index is -0.592. The summed E-state index contributed by atoms with van der Waals surface area (Å²) in [5.74, 6) is 1.67. The first-order valence-electron chi connectivity index (χ1n) is 4.27. The summed E-state index contributed by atoms with van der Waals surface area (Å²) < 4.78 is 11.1. The molecular formula is C8H19NOS. The lowest BCUT2D eigenvalue weighted by Gasteiger charge is -2.03. The van der Waals surface area contributed by atoms with Crippen LogP contribution in [0, 0.1) is 0 Å². The Labute approximate surface area is 72.0 Å². The largest absolute Gasteiger partial charge is 0.328 e. The SMILES string of the molecule is CCCS(=O)CCCC(C)N. The van der Waals surface area contributed by atoms with Crippen molar-refractivity contribution in [2.45, 2.75) is 39.2 Å². The van der Waals surface area contributed by atoms with Crippen molar-refractivity contribution < 1.29 is 4.21 Å². The molecule has 0 bridgehead atoms. The first kappa shape index (κ1) is 11.1. The number of hydrogen-bond donors (Lipinski definition) is 1. The molecule has 0 amide bonds. The van der Waals surface area contributed by atoms with Gasteiger partial charge in [-0.25, -0.2) is 0 Å². The van der Waals surface area contributed by atoms with Gasteiger partial charge in [0.2, 0.25) is 0 Å². The predicted molar refractivity (Wildman–Crippen MR) is 51.1 cm³/mol. The summed E-state index contributed by atoms with van der Waals surface area (Å²) >= 11 is 0. The van der Waals surface area contributed by atoms with E-state index in [-0.39, 0.29) is 6.04 Å². The quantitative estimate of drug-likeness (QED) is 0.664. The average Bonchev–Trinajstić information content (AvgIpc) is 1.87. The Morgan fingerprint density at radius 2 is 2.09 bits per heavy atom. The van der Waals surface area contributed by atoms with Crippen molar-refractivity contribution in [2.75, 3.05) is 11.5 Å². The van der Waals surface area contributed by atoms with Crippen molar-refractivity contribution in [1.29, 1.82) is 0 Å². The van der Waals surface area contributed by atoms with E-state index in [2.05, 4.69) is 6.92 Å². The number of rotatable bonds is 6. The van der Waals surface area contributed by atoms with Gasteiger partial charge in [0.1, 0.15) is 0 Å². The Hall–Kier alpha value is 0.110. The van der Waals surface area contributed by atoms with Crippen LogP contribution in [0.3, 0.4) is 0 Å². The van der Waals surface area contributed by atoms with E-state index in [9.17, 15) is 4.21 Å². The first-order valence-corrected chi connectivity index (χ1v) is 5.76. The standard InChI is InChI=1S/C8H19NOS/c1-3-6-11(10)7-4-5-8(2)9/h8H,3-7,9H2,1-2H3. The van der Waals surface area contributed by atoms with Gasteiger partial charge in [-0.3, -0.25) is 4.21 Å². The molecule has 0 aliphatic rings. The molecule has 2 atom stereocenters. The second-order valence-electron chi connectivity index (χ2n) is 2.97. The van der Waals surface area contributed by atoms with Crippen LogP contribution in [-0.4, -0.2) is 21.8 Å². The molecular weight excluding hydrogens is 158 g/mol. The van der Waals surface area contributed by atoms with E-state index in [1.54, 1.807) is 0 Å². The van der Waals surface area contributed by atoms with E-state index < -0.39 is 10.8 Å². The van der Waals surface area contributed by atoms with Crippen LogP contribution in [0.4, 0.5) is 0 Å². The van der Waals surface area contributed by atoms with Gasteiger partial charge >= 0.3 is 0 Å². The minimum Gasteiger partial charge on any atom is -0.328 e. The van der Waals surface area contributed by atoms with Gasteiger partial charge in [0.15, 0.2) is 0 Å². The van der Waals surface area contributed by atoms with E-state index in [0.717, 1.165) is 30.8 Å². The summed E-state index contributed by atoms with van der Waals surface area (Å²) in [6.07, 6.45) is 3.02. The molecule has 11 heavy (non-hydrogen) atoms. The van der Waals surface area contributed by atoms with Crippen LogP contribution in [0.5, 0.6) is 0 Å². The topological polar surface area (TPSA) is 43.1 Å². The van der Waals surface area contributed by atoms with E-state index in [1.807, 2.05) is 6.92 Å². The van der Waals surface area contributed by atoms with Gasteiger partial charge in [-0.05, 0) is 26.2 Å². The molecule has 0 aliphatic carbocycles. The van der Waals surface area contributed by atoms with Crippen molar-refractivity contribution in [3.8, 4) is 0 Å². The fourth-order valence-electron chi connectivity index (χ4n) is 0.896. The fourth-order valence-corrected chi connectivity index (χ4v) is 2.04. The van der Waals surface area contributed by atoms with Gasteiger partial charge in [0.25, 0.3) is 0 Å². The molecule has 0 aromatic carbocycles. The number of nitrogens with two attached hydrogens (primary N) is 1. The van der Waals surface area contributed by atoms with Crippen LogP contribution in [0.2, 0.25) is 0 Å². The highest BCUT2D eigenvalue weighted by Gasteiger charge is 1.99. The smallest absolute Gasteiger partial charge is 0.0235 e. The molecule has 2 nitrogen and oxygen atoms in total. The minimum absolute atomic E-state index is 0.258. The Kier molecular flexibility index (Phi) is 6.87. The third-order valence-electron chi connectivity index (χ3n) is 1.46. The Balaban J connectivity index is 3.17. The van der Waals surface area contributed by atoms with Crippen molar-refractivity contribution in [3.63, 3.8) is 0 Å². The molecule has 0 spiro atoms. The summed E-state index contributed by atoms with van der Waals surface area (Å²) in [4.78, 5) is 0. The first-order chi connectivity index (χ1) is 5.16. The van der Waals surface area contributed by atoms with E-state index in [1.165, 1.54) is 0 Å². The molecule has 0 aromatic rings. The van der Waals surface area contributed by atoms with Crippen LogP contribution in [-0.2, 0) is 10.8 Å². The molecule has 0 rings (SSSR count). The van der Waals surface area contributed by atoms with E-state index in [4.69, 9.17) is 5.73 Å². The second-order valence-corrected chi connectivity index (χ2v) is 4.66. The molecule has 2 unspecified atom stereocenters. The zero-order chi connectivity index (χ0) is 8.69. The summed E-state index contributed by atoms with van der Waals surface area (Å²) in [6, 6.07) is 0.258. The maximum Gasteiger partial charge on any atom is 0.0235 e. The highest BCUT2D eigenvalue weighted by atomic mass is 32.2. The van der Waals surface area contributed by atoms with Gasteiger partial charge in [-0.2, -0.15) is 0 Å². The monoisotopic (exact) mass is 177 g/mol. The zero-order valence-electron chi connectivity index (χ0n) is 7.51. The predicted octanol–water partition coefficient (Wildman–Crippen LogP) is 1.27. The maximum absolute atomic E-state index is 11.1. The molecule has 0 saturated heterocycles. The van der Waals surface area contributed by atoms with Crippen LogP contribution in [0.25, 0.3) is 0 Å². The van der Waals surface area contributed by atoms with Crippen LogP contribution < -0.4 is 5.73 Å². The van der Waals surface area contributed by atoms with Gasteiger partial charge in [0.05, 0.1) is 0 Å².